The van der Waals surface area contributed by atoms with Crippen molar-refractivity contribution in [2.24, 2.45) is 21.2 Å². The van der Waals surface area contributed by atoms with E-state index in [0.29, 0.717) is 35.2 Å². The molecular formula is C22H30N4O3. The molecule has 0 amide bonds. The van der Waals surface area contributed by atoms with Crippen LogP contribution in [0.1, 0.15) is 57.4 Å². The molecule has 2 heterocycles. The summed E-state index contributed by atoms with van der Waals surface area (Å²) < 4.78 is 10.6. The number of aromatic nitrogens is 1. The number of esters is 1. The molecule has 2 aromatic rings. The van der Waals surface area contributed by atoms with Crippen LogP contribution < -0.4 is 4.74 Å². The number of H-pyrrole nitrogens is 1. The number of hydrogen-bond donors (Lipinski definition) is 1. The third kappa shape index (κ3) is 3.70. The van der Waals surface area contributed by atoms with Crippen molar-refractivity contribution in [3.05, 3.63) is 23.9 Å². The Morgan fingerprint density at radius 3 is 2.83 bits per heavy atom. The minimum Gasteiger partial charge on any atom is -0.497 e. The molecule has 0 spiro atoms. The van der Waals surface area contributed by atoms with Gasteiger partial charge in [-0.25, -0.2) is 4.79 Å². The second-order valence-corrected chi connectivity index (χ2v) is 9.48. The number of carbonyl (C=O) groups is 1. The van der Waals surface area contributed by atoms with Crippen molar-refractivity contribution in [1.82, 2.24) is 9.99 Å². The molecule has 0 radical (unpaired) electrons. The van der Waals surface area contributed by atoms with Crippen LogP contribution in [0.15, 0.2) is 28.5 Å². The lowest BCUT2D eigenvalue weighted by Gasteiger charge is -2.39. The van der Waals surface area contributed by atoms with Crippen molar-refractivity contribution in [2.75, 3.05) is 20.3 Å². The zero-order chi connectivity index (χ0) is 20.8. The Morgan fingerprint density at radius 2 is 2.10 bits per heavy atom. The summed E-state index contributed by atoms with van der Waals surface area (Å²) in [6.45, 7) is 10.0. The Balaban J connectivity index is 1.71. The molecule has 2 unspecified atom stereocenters. The summed E-state index contributed by atoms with van der Waals surface area (Å²) in [7, 11) is 1.62. The molecule has 1 aromatic carbocycles. The highest BCUT2D eigenvalue weighted by molar-refractivity contribution is 6.05. The molecule has 29 heavy (non-hydrogen) atoms. The molecule has 1 aromatic heterocycles. The Morgan fingerprint density at radius 1 is 1.31 bits per heavy atom. The summed E-state index contributed by atoms with van der Waals surface area (Å²) in [5, 5.41) is 12.1. The van der Waals surface area contributed by atoms with Gasteiger partial charge in [0.1, 0.15) is 11.4 Å². The molecule has 1 saturated carbocycles. The summed E-state index contributed by atoms with van der Waals surface area (Å²) in [5.41, 5.74) is 2.21. The van der Waals surface area contributed by atoms with E-state index in [1.54, 1.807) is 14.0 Å². The molecule has 2 fully saturated rings. The third-order valence-corrected chi connectivity index (χ3v) is 6.10. The first-order chi connectivity index (χ1) is 13.7. The lowest BCUT2D eigenvalue weighted by Crippen LogP contribution is -2.33. The standard InChI is InChI=1S/C22H30N4O3/c1-6-29-20(27)19-18(16-9-15(28-5)7-8-17(16)23-19)24-25-26-13-22(4)11-14(26)10-21(2,3)12-22/h7-9,14,23H,6,10-13H2,1-5H3. The minimum absolute atomic E-state index is 0.263. The molecule has 2 atom stereocenters. The van der Waals surface area contributed by atoms with Gasteiger partial charge < -0.3 is 14.5 Å². The van der Waals surface area contributed by atoms with Crippen LogP contribution in [-0.2, 0) is 4.74 Å². The number of nitrogens with zero attached hydrogens (tertiary/aromatic N) is 3. The number of hydrogen-bond acceptors (Lipinski definition) is 5. The van der Waals surface area contributed by atoms with Crippen molar-refractivity contribution in [3.63, 3.8) is 0 Å². The van der Waals surface area contributed by atoms with Crippen molar-refractivity contribution in [3.8, 4) is 5.75 Å². The summed E-state index contributed by atoms with van der Waals surface area (Å²) in [4.78, 5) is 15.6. The zero-order valence-corrected chi connectivity index (χ0v) is 17.9. The number of fused-ring (bicyclic) bond motifs is 3. The summed E-state index contributed by atoms with van der Waals surface area (Å²) >= 11 is 0. The second kappa shape index (κ2) is 7.04. The van der Waals surface area contributed by atoms with Gasteiger partial charge in [-0.1, -0.05) is 26.0 Å². The van der Waals surface area contributed by atoms with Gasteiger partial charge in [0.2, 0.25) is 0 Å². The van der Waals surface area contributed by atoms with E-state index in [4.69, 9.17) is 9.47 Å². The Hall–Kier alpha value is -2.57. The number of benzene rings is 1. The predicted octanol–water partition coefficient (Wildman–Crippen LogP) is 5.25. The van der Waals surface area contributed by atoms with Crippen LogP contribution in [0.5, 0.6) is 5.75 Å². The average molecular weight is 399 g/mol. The van der Waals surface area contributed by atoms with E-state index in [1.165, 1.54) is 6.42 Å². The Bertz CT molecular complexity index is 964. The Labute approximate surface area is 171 Å². The van der Waals surface area contributed by atoms with Crippen LogP contribution >= 0.6 is 0 Å². The van der Waals surface area contributed by atoms with Gasteiger partial charge in [-0.3, -0.25) is 5.01 Å². The molecule has 1 aliphatic heterocycles. The summed E-state index contributed by atoms with van der Waals surface area (Å²) in [6.07, 6.45) is 3.44. The highest BCUT2D eigenvalue weighted by Gasteiger charge is 2.49. The number of ether oxygens (including phenoxy) is 2. The fourth-order valence-corrected chi connectivity index (χ4v) is 5.38. The number of carbonyl (C=O) groups excluding carboxylic acids is 1. The maximum atomic E-state index is 12.5. The SMILES string of the molecule is CCOC(=O)c1[nH]c2ccc(OC)cc2c1N=NN1CC2(C)CC1CC(C)(C)C2. The van der Waals surface area contributed by atoms with Crippen molar-refractivity contribution < 1.29 is 14.3 Å². The van der Waals surface area contributed by atoms with E-state index >= 15 is 0 Å². The van der Waals surface area contributed by atoms with Gasteiger partial charge in [-0.15, -0.1) is 5.11 Å². The average Bonchev–Trinajstić information content (AvgIpc) is 3.12. The number of aromatic amines is 1. The smallest absolute Gasteiger partial charge is 0.357 e. The maximum Gasteiger partial charge on any atom is 0.357 e. The second-order valence-electron chi connectivity index (χ2n) is 9.48. The summed E-state index contributed by atoms with van der Waals surface area (Å²) in [6, 6.07) is 5.98. The Kier molecular flexibility index (Phi) is 4.79. The van der Waals surface area contributed by atoms with Crippen LogP contribution in [-0.4, -0.2) is 42.3 Å². The molecule has 2 aliphatic rings. The highest BCUT2D eigenvalue weighted by atomic mass is 16.5. The lowest BCUT2D eigenvalue weighted by molar-refractivity contribution is 0.0521. The number of methoxy groups -OCH3 is 1. The fraction of sp³-hybridized carbons (Fsp3) is 0.591. The van der Waals surface area contributed by atoms with Crippen LogP contribution in [0.4, 0.5) is 5.69 Å². The molecule has 156 valence electrons. The van der Waals surface area contributed by atoms with Crippen LogP contribution in [0.25, 0.3) is 10.9 Å². The van der Waals surface area contributed by atoms with Gasteiger partial charge in [0, 0.05) is 23.5 Å². The summed E-state index contributed by atoms with van der Waals surface area (Å²) in [5.74, 6) is 0.277. The fourth-order valence-electron chi connectivity index (χ4n) is 5.38. The molecular weight excluding hydrogens is 368 g/mol. The third-order valence-electron chi connectivity index (χ3n) is 6.10. The van der Waals surface area contributed by atoms with Crippen LogP contribution in [0.3, 0.4) is 0 Å². The first-order valence-corrected chi connectivity index (χ1v) is 10.3. The minimum atomic E-state index is -0.426. The molecule has 1 saturated heterocycles. The number of nitrogens with one attached hydrogen (secondary N) is 1. The number of rotatable bonds is 5. The predicted molar refractivity (Wildman–Crippen MR) is 112 cm³/mol. The van der Waals surface area contributed by atoms with Crippen LogP contribution in [0, 0.1) is 10.8 Å². The van der Waals surface area contributed by atoms with Crippen LogP contribution in [0.2, 0.25) is 0 Å². The molecule has 2 bridgehead atoms. The van der Waals surface area contributed by atoms with E-state index in [0.717, 1.165) is 30.3 Å². The lowest BCUT2D eigenvalue weighted by atomic mass is 9.65. The van der Waals surface area contributed by atoms with Gasteiger partial charge in [-0.05, 0) is 55.2 Å². The largest absolute Gasteiger partial charge is 0.497 e. The van der Waals surface area contributed by atoms with E-state index in [1.807, 2.05) is 18.2 Å². The molecule has 7 nitrogen and oxygen atoms in total. The van der Waals surface area contributed by atoms with Crippen molar-refractivity contribution in [2.45, 2.75) is 53.0 Å². The van der Waals surface area contributed by atoms with Gasteiger partial charge in [0.25, 0.3) is 0 Å². The highest BCUT2D eigenvalue weighted by Crippen LogP contribution is 2.52. The quantitative estimate of drug-likeness (QED) is 0.551. The van der Waals surface area contributed by atoms with Gasteiger partial charge in [-0.2, -0.15) is 0 Å². The first kappa shape index (κ1) is 19.7. The first-order valence-electron chi connectivity index (χ1n) is 10.3. The molecule has 1 aliphatic carbocycles. The molecule has 1 N–H and O–H groups in total. The van der Waals surface area contributed by atoms with E-state index in [9.17, 15) is 4.79 Å². The van der Waals surface area contributed by atoms with E-state index in [-0.39, 0.29) is 5.41 Å². The maximum absolute atomic E-state index is 12.5. The van der Waals surface area contributed by atoms with Gasteiger partial charge >= 0.3 is 5.97 Å². The molecule has 4 rings (SSSR count). The van der Waals surface area contributed by atoms with Crippen molar-refractivity contribution in [1.29, 1.82) is 0 Å². The van der Waals surface area contributed by atoms with Crippen molar-refractivity contribution >= 4 is 22.6 Å². The normalized spacial score (nSPS) is 25.7. The van der Waals surface area contributed by atoms with E-state index < -0.39 is 5.97 Å². The van der Waals surface area contributed by atoms with Gasteiger partial charge in [0.15, 0.2) is 5.69 Å². The monoisotopic (exact) mass is 398 g/mol. The topological polar surface area (TPSA) is 79.3 Å². The molecule has 7 heteroatoms. The van der Waals surface area contributed by atoms with E-state index in [2.05, 4.69) is 41.1 Å². The zero-order valence-electron chi connectivity index (χ0n) is 17.9. The van der Waals surface area contributed by atoms with Gasteiger partial charge in [0.05, 0.1) is 13.7 Å².